The second-order valence-electron chi connectivity index (χ2n) is 4.61. The highest BCUT2D eigenvalue weighted by molar-refractivity contribution is 5.49. The second kappa shape index (κ2) is 6.89. The lowest BCUT2D eigenvalue weighted by Gasteiger charge is -2.13. The summed E-state index contributed by atoms with van der Waals surface area (Å²) in [5.74, 6) is 3.10. The van der Waals surface area contributed by atoms with Gasteiger partial charge in [-0.05, 0) is 32.4 Å². The Labute approximate surface area is 120 Å². The first-order chi connectivity index (χ1) is 9.74. The number of aromatic nitrogens is 2. The summed E-state index contributed by atoms with van der Waals surface area (Å²) in [6.45, 7) is 6.98. The molecule has 0 saturated heterocycles. The SMILES string of the molecule is CCCc1nc(NCC)c(C)c(Oc2ccccc2)n1. The molecular weight excluding hydrogens is 250 g/mol. The average molecular weight is 271 g/mol. The molecule has 1 heterocycles. The molecule has 0 unspecified atom stereocenters. The van der Waals surface area contributed by atoms with E-state index >= 15 is 0 Å². The van der Waals surface area contributed by atoms with Gasteiger partial charge in [0, 0.05) is 13.0 Å². The lowest BCUT2D eigenvalue weighted by molar-refractivity contribution is 0.454. The van der Waals surface area contributed by atoms with Crippen LogP contribution in [0.5, 0.6) is 11.6 Å². The van der Waals surface area contributed by atoms with Gasteiger partial charge in [-0.1, -0.05) is 25.1 Å². The van der Waals surface area contributed by atoms with Gasteiger partial charge in [0.2, 0.25) is 5.88 Å². The van der Waals surface area contributed by atoms with Gasteiger partial charge in [0.15, 0.2) is 0 Å². The van der Waals surface area contributed by atoms with Crippen LogP contribution in [-0.2, 0) is 6.42 Å². The maximum Gasteiger partial charge on any atom is 0.227 e. The van der Waals surface area contributed by atoms with Crippen molar-refractivity contribution in [2.45, 2.75) is 33.6 Å². The number of aryl methyl sites for hydroxylation is 1. The van der Waals surface area contributed by atoms with E-state index in [1.165, 1.54) is 0 Å². The van der Waals surface area contributed by atoms with E-state index < -0.39 is 0 Å². The average Bonchev–Trinajstić information content (AvgIpc) is 2.45. The maximum absolute atomic E-state index is 5.89. The van der Waals surface area contributed by atoms with E-state index in [4.69, 9.17) is 4.74 Å². The van der Waals surface area contributed by atoms with E-state index in [9.17, 15) is 0 Å². The number of ether oxygens (including phenoxy) is 1. The molecule has 20 heavy (non-hydrogen) atoms. The van der Waals surface area contributed by atoms with Crippen molar-refractivity contribution in [3.05, 3.63) is 41.7 Å². The predicted octanol–water partition coefficient (Wildman–Crippen LogP) is 3.96. The van der Waals surface area contributed by atoms with Gasteiger partial charge in [0.25, 0.3) is 0 Å². The predicted molar refractivity (Wildman–Crippen MR) is 81.4 cm³/mol. The quantitative estimate of drug-likeness (QED) is 0.863. The van der Waals surface area contributed by atoms with E-state index in [0.29, 0.717) is 5.88 Å². The van der Waals surface area contributed by atoms with E-state index in [0.717, 1.165) is 42.3 Å². The van der Waals surface area contributed by atoms with Gasteiger partial charge in [0.1, 0.15) is 17.4 Å². The molecule has 0 atom stereocenters. The topological polar surface area (TPSA) is 47.0 Å². The molecule has 1 aromatic heterocycles. The number of benzene rings is 1. The fourth-order valence-electron chi connectivity index (χ4n) is 1.91. The summed E-state index contributed by atoms with van der Waals surface area (Å²) in [6, 6.07) is 9.71. The molecule has 0 fully saturated rings. The molecule has 0 aliphatic rings. The Kier molecular flexibility index (Phi) is 4.93. The van der Waals surface area contributed by atoms with Crippen LogP contribution >= 0.6 is 0 Å². The number of rotatable bonds is 6. The van der Waals surface area contributed by atoms with Crippen molar-refractivity contribution in [2.24, 2.45) is 0 Å². The fourth-order valence-corrected chi connectivity index (χ4v) is 1.91. The van der Waals surface area contributed by atoms with Crippen LogP contribution < -0.4 is 10.1 Å². The number of hydrogen-bond acceptors (Lipinski definition) is 4. The van der Waals surface area contributed by atoms with E-state index in [1.54, 1.807) is 0 Å². The van der Waals surface area contributed by atoms with Gasteiger partial charge in [-0.25, -0.2) is 4.98 Å². The Morgan fingerprint density at radius 1 is 1.10 bits per heavy atom. The Morgan fingerprint density at radius 3 is 2.50 bits per heavy atom. The third-order valence-corrected chi connectivity index (χ3v) is 2.92. The zero-order valence-electron chi connectivity index (χ0n) is 12.3. The van der Waals surface area contributed by atoms with Crippen LogP contribution in [-0.4, -0.2) is 16.5 Å². The monoisotopic (exact) mass is 271 g/mol. The van der Waals surface area contributed by atoms with E-state index in [1.807, 2.05) is 37.3 Å². The molecule has 0 radical (unpaired) electrons. The molecule has 0 saturated carbocycles. The fraction of sp³-hybridized carbons (Fsp3) is 0.375. The van der Waals surface area contributed by atoms with Crippen LogP contribution in [0.4, 0.5) is 5.82 Å². The molecule has 106 valence electrons. The van der Waals surface area contributed by atoms with Crippen molar-refractivity contribution in [1.29, 1.82) is 0 Å². The van der Waals surface area contributed by atoms with Crippen molar-refractivity contribution in [2.75, 3.05) is 11.9 Å². The number of para-hydroxylation sites is 1. The van der Waals surface area contributed by atoms with Crippen molar-refractivity contribution in [3.8, 4) is 11.6 Å². The Balaban J connectivity index is 2.34. The van der Waals surface area contributed by atoms with Gasteiger partial charge in [-0.2, -0.15) is 4.98 Å². The molecule has 0 aliphatic heterocycles. The smallest absolute Gasteiger partial charge is 0.227 e. The van der Waals surface area contributed by atoms with E-state index in [-0.39, 0.29) is 0 Å². The van der Waals surface area contributed by atoms with Gasteiger partial charge < -0.3 is 10.1 Å². The summed E-state index contributed by atoms with van der Waals surface area (Å²) in [4.78, 5) is 9.08. The zero-order valence-corrected chi connectivity index (χ0v) is 12.3. The Morgan fingerprint density at radius 2 is 1.85 bits per heavy atom. The number of nitrogens with zero attached hydrogens (tertiary/aromatic N) is 2. The molecule has 1 N–H and O–H groups in total. The molecule has 4 nitrogen and oxygen atoms in total. The van der Waals surface area contributed by atoms with Gasteiger partial charge in [-0.3, -0.25) is 0 Å². The first kappa shape index (κ1) is 14.3. The van der Waals surface area contributed by atoms with Gasteiger partial charge >= 0.3 is 0 Å². The van der Waals surface area contributed by atoms with Crippen LogP contribution in [0.2, 0.25) is 0 Å². The first-order valence-electron chi connectivity index (χ1n) is 7.08. The van der Waals surface area contributed by atoms with Crippen LogP contribution in [0, 0.1) is 6.92 Å². The third-order valence-electron chi connectivity index (χ3n) is 2.92. The van der Waals surface area contributed by atoms with Crippen LogP contribution in [0.15, 0.2) is 30.3 Å². The summed E-state index contributed by atoms with van der Waals surface area (Å²) in [5.41, 5.74) is 0.940. The molecule has 0 bridgehead atoms. The lowest BCUT2D eigenvalue weighted by atomic mass is 10.2. The number of hydrogen-bond donors (Lipinski definition) is 1. The minimum atomic E-state index is 0.630. The Hall–Kier alpha value is -2.10. The highest BCUT2D eigenvalue weighted by Crippen LogP contribution is 2.27. The molecule has 2 aromatic rings. The highest BCUT2D eigenvalue weighted by Gasteiger charge is 2.12. The molecule has 4 heteroatoms. The van der Waals surface area contributed by atoms with Crippen molar-refractivity contribution < 1.29 is 4.74 Å². The number of nitrogens with one attached hydrogen (secondary N) is 1. The van der Waals surface area contributed by atoms with Gasteiger partial charge in [0.05, 0.1) is 5.56 Å². The summed E-state index contributed by atoms with van der Waals surface area (Å²) in [7, 11) is 0. The summed E-state index contributed by atoms with van der Waals surface area (Å²) in [6.07, 6.45) is 1.86. The van der Waals surface area contributed by atoms with Gasteiger partial charge in [-0.15, -0.1) is 0 Å². The summed E-state index contributed by atoms with van der Waals surface area (Å²) >= 11 is 0. The van der Waals surface area contributed by atoms with Crippen molar-refractivity contribution in [1.82, 2.24) is 9.97 Å². The van der Waals surface area contributed by atoms with Crippen LogP contribution in [0.25, 0.3) is 0 Å². The van der Waals surface area contributed by atoms with Crippen LogP contribution in [0.1, 0.15) is 31.7 Å². The molecule has 0 aliphatic carbocycles. The standard InChI is InChI=1S/C16H21N3O/c1-4-9-14-18-15(17-5-2)12(3)16(19-14)20-13-10-7-6-8-11-13/h6-8,10-11H,4-5,9H2,1-3H3,(H,17,18,19). The minimum absolute atomic E-state index is 0.630. The molecule has 1 aromatic carbocycles. The lowest BCUT2D eigenvalue weighted by Crippen LogP contribution is -2.07. The summed E-state index contributed by atoms with van der Waals surface area (Å²) < 4.78 is 5.89. The summed E-state index contributed by atoms with van der Waals surface area (Å²) in [5, 5.41) is 3.27. The first-order valence-corrected chi connectivity index (χ1v) is 7.08. The Bertz CT molecular complexity index is 555. The second-order valence-corrected chi connectivity index (χ2v) is 4.61. The maximum atomic E-state index is 5.89. The third kappa shape index (κ3) is 3.47. The van der Waals surface area contributed by atoms with Crippen LogP contribution in [0.3, 0.4) is 0 Å². The number of anilines is 1. The molecule has 0 amide bonds. The molecular formula is C16H21N3O. The molecule has 2 rings (SSSR count). The zero-order chi connectivity index (χ0) is 14.4. The normalized spacial score (nSPS) is 10.3. The van der Waals surface area contributed by atoms with Crippen molar-refractivity contribution >= 4 is 5.82 Å². The molecule has 0 spiro atoms. The largest absolute Gasteiger partial charge is 0.439 e. The van der Waals surface area contributed by atoms with E-state index in [2.05, 4.69) is 29.1 Å². The minimum Gasteiger partial charge on any atom is -0.439 e. The van der Waals surface area contributed by atoms with Crippen molar-refractivity contribution in [3.63, 3.8) is 0 Å². The highest BCUT2D eigenvalue weighted by atomic mass is 16.5.